The van der Waals surface area contributed by atoms with Crippen molar-refractivity contribution < 1.29 is 0 Å². The summed E-state index contributed by atoms with van der Waals surface area (Å²) in [6, 6.07) is 0. The average molecular weight is 275 g/mol. The van der Waals surface area contributed by atoms with Crippen LogP contribution < -0.4 is 11.2 Å². The number of hydrogen-bond donors (Lipinski definition) is 0. The highest BCUT2D eigenvalue weighted by molar-refractivity contribution is 9.09. The van der Waals surface area contributed by atoms with Crippen molar-refractivity contribution in [3.8, 4) is 0 Å². The first kappa shape index (κ1) is 12.2. The number of halogens is 1. The molecule has 0 fully saturated rings. The van der Waals surface area contributed by atoms with Gasteiger partial charge in [-0.05, 0) is 20.3 Å². The lowest BCUT2D eigenvalue weighted by Gasteiger charge is -2.11. The summed E-state index contributed by atoms with van der Waals surface area (Å²) < 4.78 is 2.81. The van der Waals surface area contributed by atoms with Gasteiger partial charge in [0.2, 0.25) is 0 Å². The molecule has 1 heterocycles. The van der Waals surface area contributed by atoms with E-state index in [0.29, 0.717) is 12.1 Å². The normalized spacial score (nSPS) is 10.7. The van der Waals surface area contributed by atoms with Crippen molar-refractivity contribution in [1.29, 1.82) is 0 Å². The fourth-order valence-corrected chi connectivity index (χ4v) is 1.69. The highest BCUT2D eigenvalue weighted by Gasteiger charge is 2.09. The Morgan fingerprint density at radius 2 is 1.87 bits per heavy atom. The second-order valence-electron chi connectivity index (χ2n) is 3.55. The number of alkyl halides is 1. The predicted octanol–water partition coefficient (Wildman–Crippen LogP) is 0.949. The van der Waals surface area contributed by atoms with Crippen LogP contribution in [-0.2, 0) is 13.6 Å². The molecule has 0 atom stereocenters. The molecule has 1 aromatic rings. The maximum atomic E-state index is 11.8. The van der Waals surface area contributed by atoms with Gasteiger partial charge in [0.1, 0.15) is 0 Å². The van der Waals surface area contributed by atoms with E-state index in [1.807, 2.05) is 0 Å². The number of rotatable bonds is 3. The summed E-state index contributed by atoms with van der Waals surface area (Å²) in [6.45, 7) is 4.01. The summed E-state index contributed by atoms with van der Waals surface area (Å²) in [5.74, 6) is 0. The molecule has 1 aromatic heterocycles. The smallest absolute Gasteiger partial charge is 0.301 e. The molecule has 0 aromatic carbocycles. The molecule has 0 aliphatic carbocycles. The summed E-state index contributed by atoms with van der Waals surface area (Å²) in [5, 5.41) is 0.787. The first-order chi connectivity index (χ1) is 7.00. The molecular formula is C10H15BrN2O2. The molecular weight excluding hydrogens is 260 g/mol. The minimum atomic E-state index is -0.232. The molecule has 1 rings (SSSR count). The number of hydrogen-bond acceptors (Lipinski definition) is 2. The lowest BCUT2D eigenvalue weighted by Crippen LogP contribution is -2.41. The van der Waals surface area contributed by atoms with Gasteiger partial charge < -0.3 is 4.57 Å². The highest BCUT2D eigenvalue weighted by atomic mass is 79.9. The molecule has 4 nitrogen and oxygen atoms in total. The Hall–Kier alpha value is -0.840. The maximum absolute atomic E-state index is 11.8. The summed E-state index contributed by atoms with van der Waals surface area (Å²) >= 11 is 3.28. The van der Waals surface area contributed by atoms with Crippen LogP contribution in [0, 0.1) is 13.8 Å². The predicted molar refractivity (Wildman–Crippen MR) is 63.8 cm³/mol. The minimum absolute atomic E-state index is 0.170. The topological polar surface area (TPSA) is 44.0 Å². The van der Waals surface area contributed by atoms with Crippen molar-refractivity contribution >= 4 is 15.9 Å². The van der Waals surface area contributed by atoms with Gasteiger partial charge in [-0.3, -0.25) is 9.36 Å². The maximum Gasteiger partial charge on any atom is 0.330 e. The Balaban J connectivity index is 3.40. The van der Waals surface area contributed by atoms with Crippen LogP contribution >= 0.6 is 15.9 Å². The zero-order chi connectivity index (χ0) is 11.6. The molecule has 0 spiro atoms. The second-order valence-corrected chi connectivity index (χ2v) is 4.34. The Kier molecular flexibility index (Phi) is 3.90. The van der Waals surface area contributed by atoms with E-state index in [9.17, 15) is 9.59 Å². The van der Waals surface area contributed by atoms with Crippen molar-refractivity contribution in [2.75, 3.05) is 5.33 Å². The third kappa shape index (κ3) is 2.22. The first-order valence-electron chi connectivity index (χ1n) is 4.83. The van der Waals surface area contributed by atoms with Gasteiger partial charge in [-0.1, -0.05) is 15.9 Å². The molecule has 0 aliphatic heterocycles. The van der Waals surface area contributed by atoms with E-state index >= 15 is 0 Å². The van der Waals surface area contributed by atoms with Gasteiger partial charge >= 0.3 is 5.69 Å². The first-order valence-corrected chi connectivity index (χ1v) is 5.95. The molecule has 0 saturated heterocycles. The van der Waals surface area contributed by atoms with Crippen LogP contribution in [0.5, 0.6) is 0 Å². The van der Waals surface area contributed by atoms with Gasteiger partial charge in [0, 0.05) is 30.2 Å². The van der Waals surface area contributed by atoms with E-state index < -0.39 is 0 Å². The third-order valence-corrected chi connectivity index (χ3v) is 3.21. The summed E-state index contributed by atoms with van der Waals surface area (Å²) in [4.78, 5) is 23.6. The van der Waals surface area contributed by atoms with Crippen molar-refractivity contribution in [1.82, 2.24) is 9.13 Å². The molecule has 0 saturated carbocycles. The lowest BCUT2D eigenvalue weighted by atomic mass is 10.2. The van der Waals surface area contributed by atoms with Crippen LogP contribution in [0.4, 0.5) is 0 Å². The summed E-state index contributed by atoms with van der Waals surface area (Å²) in [5.41, 5.74) is 0.979. The molecule has 0 bridgehead atoms. The van der Waals surface area contributed by atoms with Gasteiger partial charge in [0.05, 0.1) is 0 Å². The molecule has 15 heavy (non-hydrogen) atoms. The fraction of sp³-hybridized carbons (Fsp3) is 0.600. The third-order valence-electron chi connectivity index (χ3n) is 2.64. The van der Waals surface area contributed by atoms with Crippen LogP contribution in [0.2, 0.25) is 0 Å². The van der Waals surface area contributed by atoms with Gasteiger partial charge in [-0.15, -0.1) is 0 Å². The quantitative estimate of drug-likeness (QED) is 0.771. The molecule has 0 radical (unpaired) electrons. The second kappa shape index (κ2) is 4.79. The Morgan fingerprint density at radius 3 is 2.40 bits per heavy atom. The SMILES string of the molecule is Cc1c(C)n(C)c(=O)n(CCCBr)c1=O. The Morgan fingerprint density at radius 1 is 1.27 bits per heavy atom. The molecule has 0 N–H and O–H groups in total. The van der Waals surface area contributed by atoms with E-state index in [0.717, 1.165) is 17.4 Å². The average Bonchev–Trinajstić information content (AvgIpc) is 2.24. The van der Waals surface area contributed by atoms with Gasteiger partial charge in [-0.25, -0.2) is 4.79 Å². The number of aromatic nitrogens is 2. The van der Waals surface area contributed by atoms with Gasteiger partial charge in [0.25, 0.3) is 5.56 Å². The van der Waals surface area contributed by atoms with Crippen molar-refractivity contribution in [3.05, 3.63) is 32.1 Å². The molecule has 0 aliphatic rings. The molecule has 5 heteroatoms. The monoisotopic (exact) mass is 274 g/mol. The summed E-state index contributed by atoms with van der Waals surface area (Å²) in [6.07, 6.45) is 0.775. The van der Waals surface area contributed by atoms with E-state index in [1.165, 1.54) is 9.13 Å². The number of nitrogens with zero attached hydrogens (tertiary/aromatic N) is 2. The van der Waals surface area contributed by atoms with E-state index in [4.69, 9.17) is 0 Å². The molecule has 0 amide bonds. The summed E-state index contributed by atoms with van der Waals surface area (Å²) in [7, 11) is 1.69. The van der Waals surface area contributed by atoms with Crippen LogP contribution in [0.1, 0.15) is 17.7 Å². The van der Waals surface area contributed by atoms with E-state index in [2.05, 4.69) is 15.9 Å². The minimum Gasteiger partial charge on any atom is -0.301 e. The van der Waals surface area contributed by atoms with Crippen molar-refractivity contribution in [3.63, 3.8) is 0 Å². The van der Waals surface area contributed by atoms with Gasteiger partial charge in [-0.2, -0.15) is 0 Å². The van der Waals surface area contributed by atoms with Crippen LogP contribution in [0.25, 0.3) is 0 Å². The molecule has 0 unspecified atom stereocenters. The fourth-order valence-electron chi connectivity index (χ4n) is 1.44. The molecule has 84 valence electrons. The van der Waals surface area contributed by atoms with Gasteiger partial charge in [0.15, 0.2) is 0 Å². The van der Waals surface area contributed by atoms with Crippen molar-refractivity contribution in [2.45, 2.75) is 26.8 Å². The lowest BCUT2D eigenvalue weighted by molar-refractivity contribution is 0.571. The highest BCUT2D eigenvalue weighted by Crippen LogP contribution is 1.96. The van der Waals surface area contributed by atoms with Crippen LogP contribution in [-0.4, -0.2) is 14.5 Å². The van der Waals surface area contributed by atoms with Crippen LogP contribution in [0.3, 0.4) is 0 Å². The van der Waals surface area contributed by atoms with E-state index in [1.54, 1.807) is 20.9 Å². The largest absolute Gasteiger partial charge is 0.330 e. The van der Waals surface area contributed by atoms with E-state index in [-0.39, 0.29) is 11.2 Å². The zero-order valence-electron chi connectivity index (χ0n) is 9.21. The standard InChI is InChI=1S/C10H15BrN2O2/c1-7-8(2)12(3)10(15)13(9(7)14)6-4-5-11/h4-6H2,1-3H3. The van der Waals surface area contributed by atoms with Crippen LogP contribution in [0.15, 0.2) is 9.59 Å². The van der Waals surface area contributed by atoms with Crippen molar-refractivity contribution in [2.24, 2.45) is 7.05 Å². The Bertz CT molecular complexity index is 436. The zero-order valence-corrected chi connectivity index (χ0v) is 10.8. The Labute approximate surface area is 96.7 Å².